The SMILES string of the molecule is CN1CCN(Cc2ccc(-c3nn(C4CCC(O)CC4)c4nc(NCCC5CC5)ncc34)cc2)CC1. The molecule has 0 atom stereocenters. The molecule has 1 aromatic carbocycles. The van der Waals surface area contributed by atoms with Crippen LogP contribution in [0.4, 0.5) is 5.95 Å². The Bertz CT molecular complexity index is 1160. The van der Waals surface area contributed by atoms with Crippen molar-refractivity contribution in [3.8, 4) is 11.3 Å². The molecule has 8 heteroatoms. The van der Waals surface area contributed by atoms with Crippen LogP contribution in [0, 0.1) is 5.92 Å². The van der Waals surface area contributed by atoms with Crippen LogP contribution >= 0.6 is 0 Å². The van der Waals surface area contributed by atoms with E-state index in [0.717, 1.165) is 93.2 Å². The van der Waals surface area contributed by atoms with Crippen LogP contribution in [0.1, 0.15) is 56.6 Å². The highest BCUT2D eigenvalue weighted by atomic mass is 16.3. The van der Waals surface area contributed by atoms with Crippen LogP contribution in [-0.4, -0.2) is 80.5 Å². The maximum absolute atomic E-state index is 10.0. The van der Waals surface area contributed by atoms with E-state index in [2.05, 4.69) is 56.1 Å². The van der Waals surface area contributed by atoms with Gasteiger partial charge in [-0.25, -0.2) is 9.67 Å². The van der Waals surface area contributed by atoms with E-state index >= 15 is 0 Å². The fraction of sp³-hybridized carbons (Fsp3) is 0.607. The van der Waals surface area contributed by atoms with Gasteiger partial charge in [-0.1, -0.05) is 37.1 Å². The lowest BCUT2D eigenvalue weighted by molar-refractivity contribution is 0.109. The Balaban J connectivity index is 1.25. The molecule has 6 rings (SSSR count). The molecule has 3 aromatic rings. The largest absolute Gasteiger partial charge is 0.393 e. The van der Waals surface area contributed by atoms with Crippen LogP contribution in [0.3, 0.4) is 0 Å². The minimum atomic E-state index is -0.190. The Labute approximate surface area is 213 Å². The fourth-order valence-electron chi connectivity index (χ4n) is 5.61. The Morgan fingerprint density at radius 3 is 2.44 bits per heavy atom. The Hall–Kier alpha value is -2.55. The maximum atomic E-state index is 10.0. The monoisotopic (exact) mass is 489 g/mol. The van der Waals surface area contributed by atoms with Crippen LogP contribution in [0.15, 0.2) is 30.5 Å². The molecule has 1 saturated heterocycles. The van der Waals surface area contributed by atoms with Crippen LogP contribution in [0.25, 0.3) is 22.3 Å². The number of hydrogen-bond acceptors (Lipinski definition) is 7. The molecule has 8 nitrogen and oxygen atoms in total. The highest BCUT2D eigenvalue weighted by Gasteiger charge is 2.26. The third-order valence-electron chi connectivity index (χ3n) is 8.22. The zero-order chi connectivity index (χ0) is 24.5. The van der Waals surface area contributed by atoms with Gasteiger partial charge in [0.1, 0.15) is 5.69 Å². The molecule has 0 spiro atoms. The number of aliphatic hydroxyl groups is 1. The van der Waals surface area contributed by atoms with Crippen molar-refractivity contribution in [2.75, 3.05) is 45.1 Å². The van der Waals surface area contributed by atoms with Gasteiger partial charge in [0.15, 0.2) is 5.65 Å². The summed E-state index contributed by atoms with van der Waals surface area (Å²) in [5.74, 6) is 1.57. The van der Waals surface area contributed by atoms with E-state index < -0.39 is 0 Å². The maximum Gasteiger partial charge on any atom is 0.224 e. The predicted molar refractivity (Wildman–Crippen MR) is 143 cm³/mol. The number of hydrogen-bond donors (Lipinski definition) is 2. The first-order valence-corrected chi connectivity index (χ1v) is 13.8. The van der Waals surface area contributed by atoms with Gasteiger partial charge in [-0.2, -0.15) is 10.1 Å². The molecule has 2 aliphatic carbocycles. The van der Waals surface area contributed by atoms with Crippen molar-refractivity contribution in [2.45, 2.75) is 63.6 Å². The lowest BCUT2D eigenvalue weighted by Crippen LogP contribution is -2.43. The van der Waals surface area contributed by atoms with Gasteiger partial charge in [-0.05, 0) is 50.6 Å². The molecule has 1 aliphatic heterocycles. The summed E-state index contributed by atoms with van der Waals surface area (Å²) in [5, 5.41) is 19.6. The lowest BCUT2D eigenvalue weighted by atomic mass is 9.93. The van der Waals surface area contributed by atoms with Gasteiger partial charge in [0, 0.05) is 51.0 Å². The number of rotatable bonds is 8. The first-order valence-electron chi connectivity index (χ1n) is 13.8. The van der Waals surface area contributed by atoms with Crippen molar-refractivity contribution in [3.05, 3.63) is 36.0 Å². The summed E-state index contributed by atoms with van der Waals surface area (Å²) in [7, 11) is 2.20. The second-order valence-corrected chi connectivity index (χ2v) is 11.1. The van der Waals surface area contributed by atoms with Gasteiger partial charge in [0.25, 0.3) is 0 Å². The van der Waals surface area contributed by atoms with Crippen LogP contribution in [0.5, 0.6) is 0 Å². The van der Waals surface area contributed by atoms with E-state index in [-0.39, 0.29) is 12.1 Å². The highest BCUT2D eigenvalue weighted by molar-refractivity contribution is 5.91. The smallest absolute Gasteiger partial charge is 0.224 e. The van der Waals surface area contributed by atoms with E-state index in [1.54, 1.807) is 0 Å². The number of aromatic nitrogens is 4. The van der Waals surface area contributed by atoms with Crippen LogP contribution < -0.4 is 5.32 Å². The van der Waals surface area contributed by atoms with E-state index in [1.165, 1.54) is 24.8 Å². The molecule has 0 radical (unpaired) electrons. The number of nitrogens with one attached hydrogen (secondary N) is 1. The highest BCUT2D eigenvalue weighted by Crippen LogP contribution is 2.35. The minimum absolute atomic E-state index is 0.190. The zero-order valence-corrected chi connectivity index (χ0v) is 21.4. The standard InChI is InChI=1S/C28H39N7O/c1-33-14-16-34(17-15-33)19-21-4-6-22(7-5-21)26-25-18-30-28(29-13-12-20-2-3-20)31-27(25)35(32-26)23-8-10-24(36)11-9-23/h4-7,18,20,23-24,36H,2-3,8-17,19H2,1H3,(H,29,30,31). The van der Waals surface area contributed by atoms with Gasteiger partial charge in [-0.15, -0.1) is 0 Å². The molecule has 36 heavy (non-hydrogen) atoms. The normalized spacial score (nSPS) is 23.8. The molecule has 0 unspecified atom stereocenters. The Morgan fingerprint density at radius 1 is 0.972 bits per heavy atom. The minimum Gasteiger partial charge on any atom is -0.393 e. The Kier molecular flexibility index (Phi) is 6.91. The summed E-state index contributed by atoms with van der Waals surface area (Å²) in [5.41, 5.74) is 4.30. The van der Waals surface area contributed by atoms with Crippen molar-refractivity contribution < 1.29 is 5.11 Å². The molecular formula is C28H39N7O. The number of benzene rings is 1. The van der Waals surface area contributed by atoms with Crippen molar-refractivity contribution in [2.24, 2.45) is 5.92 Å². The third kappa shape index (κ3) is 5.41. The quantitative estimate of drug-likeness (QED) is 0.496. The summed E-state index contributed by atoms with van der Waals surface area (Å²) >= 11 is 0. The first-order chi connectivity index (χ1) is 17.6. The summed E-state index contributed by atoms with van der Waals surface area (Å²) in [4.78, 5) is 14.5. The van der Waals surface area contributed by atoms with Crippen LogP contribution in [-0.2, 0) is 6.54 Å². The molecule has 192 valence electrons. The number of fused-ring (bicyclic) bond motifs is 1. The van der Waals surface area contributed by atoms with E-state index in [4.69, 9.17) is 10.1 Å². The summed E-state index contributed by atoms with van der Waals surface area (Å²) in [6.45, 7) is 6.43. The number of aliphatic hydroxyl groups excluding tert-OH is 1. The van der Waals surface area contributed by atoms with Gasteiger partial charge >= 0.3 is 0 Å². The number of likely N-dealkylation sites (N-methyl/N-ethyl adjacent to an activating group) is 1. The Morgan fingerprint density at radius 2 is 1.72 bits per heavy atom. The molecule has 3 aliphatic rings. The third-order valence-corrected chi connectivity index (χ3v) is 8.22. The van der Waals surface area contributed by atoms with E-state index in [0.29, 0.717) is 5.95 Å². The average molecular weight is 490 g/mol. The first kappa shape index (κ1) is 23.8. The average Bonchev–Trinajstić information content (AvgIpc) is 3.65. The van der Waals surface area contributed by atoms with Crippen molar-refractivity contribution in [3.63, 3.8) is 0 Å². The van der Waals surface area contributed by atoms with Crippen molar-refractivity contribution >= 4 is 17.0 Å². The number of anilines is 1. The van der Waals surface area contributed by atoms with Gasteiger partial charge in [0.05, 0.1) is 17.5 Å². The number of piperazine rings is 1. The zero-order valence-electron chi connectivity index (χ0n) is 21.4. The summed E-state index contributed by atoms with van der Waals surface area (Å²) < 4.78 is 2.11. The number of nitrogens with zero attached hydrogens (tertiary/aromatic N) is 6. The van der Waals surface area contributed by atoms with E-state index in [1.807, 2.05) is 6.20 Å². The molecule has 3 fully saturated rings. The molecule has 3 heterocycles. The van der Waals surface area contributed by atoms with Crippen LogP contribution in [0.2, 0.25) is 0 Å². The molecule has 0 amide bonds. The second-order valence-electron chi connectivity index (χ2n) is 11.1. The molecule has 2 aromatic heterocycles. The van der Waals surface area contributed by atoms with Gasteiger partial charge in [-0.3, -0.25) is 4.90 Å². The van der Waals surface area contributed by atoms with Gasteiger partial charge in [0.2, 0.25) is 5.95 Å². The van der Waals surface area contributed by atoms with Crippen molar-refractivity contribution in [1.29, 1.82) is 0 Å². The van der Waals surface area contributed by atoms with E-state index in [9.17, 15) is 5.11 Å². The molecular weight excluding hydrogens is 450 g/mol. The molecule has 0 bridgehead atoms. The fourth-order valence-corrected chi connectivity index (χ4v) is 5.61. The van der Waals surface area contributed by atoms with Crippen molar-refractivity contribution in [1.82, 2.24) is 29.5 Å². The molecule has 2 N–H and O–H groups in total. The van der Waals surface area contributed by atoms with Gasteiger partial charge < -0.3 is 15.3 Å². The summed E-state index contributed by atoms with van der Waals surface area (Å²) in [6, 6.07) is 9.14. The molecule has 2 saturated carbocycles. The lowest BCUT2D eigenvalue weighted by Gasteiger charge is -2.32. The predicted octanol–water partition coefficient (Wildman–Crippen LogP) is 3.93. The summed E-state index contributed by atoms with van der Waals surface area (Å²) in [6.07, 6.45) is 9.15. The topological polar surface area (TPSA) is 82.3 Å². The second kappa shape index (κ2) is 10.4.